The highest BCUT2D eigenvalue weighted by Crippen LogP contribution is 2.20. The van der Waals surface area contributed by atoms with Crippen LogP contribution < -0.4 is 5.73 Å². The molecule has 2 aromatic rings. The van der Waals surface area contributed by atoms with E-state index in [4.69, 9.17) is 5.73 Å². The zero-order valence-electron chi connectivity index (χ0n) is 9.57. The maximum Gasteiger partial charge on any atom is 0.161 e. The number of anilines is 1. The second-order valence-corrected chi connectivity index (χ2v) is 3.72. The Morgan fingerprint density at radius 2 is 1.81 bits per heavy atom. The minimum Gasteiger partial charge on any atom is -0.383 e. The summed E-state index contributed by atoms with van der Waals surface area (Å²) in [6.07, 6.45) is 0.868. The summed E-state index contributed by atoms with van der Waals surface area (Å²) in [6, 6.07) is 9.88. The molecule has 16 heavy (non-hydrogen) atoms. The highest BCUT2D eigenvalue weighted by Gasteiger charge is 2.08. The number of hydrogen-bond acceptors (Lipinski definition) is 3. The lowest BCUT2D eigenvalue weighted by Crippen LogP contribution is -2.04. The standard InChI is InChI=1S/C13H15N3/c1-3-11-9(2)15-13(16-12(11)14)10-7-5-4-6-8-10/h4-8H,3H2,1-2H3,(H2,14,15,16). The summed E-state index contributed by atoms with van der Waals surface area (Å²) in [6.45, 7) is 4.04. The van der Waals surface area contributed by atoms with Crippen molar-refractivity contribution in [2.45, 2.75) is 20.3 Å². The molecular weight excluding hydrogens is 198 g/mol. The SMILES string of the molecule is CCc1c(C)nc(-c2ccccc2)nc1N. The summed E-state index contributed by atoms with van der Waals surface area (Å²) in [5.74, 6) is 1.29. The fourth-order valence-electron chi connectivity index (χ4n) is 1.77. The third-order valence-electron chi connectivity index (χ3n) is 2.63. The van der Waals surface area contributed by atoms with Gasteiger partial charge in [0.1, 0.15) is 5.82 Å². The molecule has 0 saturated carbocycles. The van der Waals surface area contributed by atoms with Crippen molar-refractivity contribution in [1.82, 2.24) is 9.97 Å². The van der Waals surface area contributed by atoms with Gasteiger partial charge in [-0.2, -0.15) is 0 Å². The molecule has 0 saturated heterocycles. The fourth-order valence-corrected chi connectivity index (χ4v) is 1.77. The number of nitrogens with two attached hydrogens (primary N) is 1. The summed E-state index contributed by atoms with van der Waals surface area (Å²) in [7, 11) is 0. The Labute approximate surface area is 95.4 Å². The molecule has 0 radical (unpaired) electrons. The van der Waals surface area contributed by atoms with Gasteiger partial charge in [-0.1, -0.05) is 37.3 Å². The van der Waals surface area contributed by atoms with E-state index in [1.54, 1.807) is 0 Å². The number of hydrogen-bond donors (Lipinski definition) is 1. The highest BCUT2D eigenvalue weighted by molar-refractivity contribution is 5.58. The zero-order valence-corrected chi connectivity index (χ0v) is 9.57. The van der Waals surface area contributed by atoms with Crippen molar-refractivity contribution in [3.8, 4) is 11.4 Å². The third kappa shape index (κ3) is 1.89. The van der Waals surface area contributed by atoms with Crippen LogP contribution in [0.15, 0.2) is 30.3 Å². The van der Waals surface area contributed by atoms with Crippen LogP contribution in [-0.2, 0) is 6.42 Å². The van der Waals surface area contributed by atoms with Crippen molar-refractivity contribution in [3.63, 3.8) is 0 Å². The summed E-state index contributed by atoms with van der Waals surface area (Å²) in [5.41, 5.74) is 8.93. The van der Waals surface area contributed by atoms with E-state index in [-0.39, 0.29) is 0 Å². The van der Waals surface area contributed by atoms with Gasteiger partial charge in [0, 0.05) is 16.8 Å². The largest absolute Gasteiger partial charge is 0.383 e. The van der Waals surface area contributed by atoms with E-state index in [1.165, 1.54) is 0 Å². The molecule has 1 heterocycles. The van der Waals surface area contributed by atoms with E-state index in [0.717, 1.165) is 23.2 Å². The van der Waals surface area contributed by atoms with Crippen molar-refractivity contribution < 1.29 is 0 Å². The molecule has 2 rings (SSSR count). The average molecular weight is 213 g/mol. The van der Waals surface area contributed by atoms with Gasteiger partial charge in [-0.15, -0.1) is 0 Å². The van der Waals surface area contributed by atoms with Crippen LogP contribution in [0.3, 0.4) is 0 Å². The van der Waals surface area contributed by atoms with Crippen LogP contribution >= 0.6 is 0 Å². The molecule has 0 aliphatic rings. The van der Waals surface area contributed by atoms with Crippen LogP contribution in [0.5, 0.6) is 0 Å². The topological polar surface area (TPSA) is 51.8 Å². The van der Waals surface area contributed by atoms with Crippen LogP contribution in [-0.4, -0.2) is 9.97 Å². The Bertz CT molecular complexity index is 469. The van der Waals surface area contributed by atoms with Crippen molar-refractivity contribution in [1.29, 1.82) is 0 Å². The van der Waals surface area contributed by atoms with Gasteiger partial charge < -0.3 is 5.73 Å². The molecule has 3 nitrogen and oxygen atoms in total. The Hall–Kier alpha value is -1.90. The second-order valence-electron chi connectivity index (χ2n) is 3.72. The van der Waals surface area contributed by atoms with Gasteiger partial charge in [0.2, 0.25) is 0 Å². The number of aryl methyl sites for hydroxylation is 1. The van der Waals surface area contributed by atoms with Gasteiger partial charge in [-0.05, 0) is 13.3 Å². The Balaban J connectivity index is 2.53. The number of rotatable bonds is 2. The maximum atomic E-state index is 5.92. The molecule has 0 aliphatic carbocycles. The molecule has 0 unspecified atom stereocenters. The molecule has 0 atom stereocenters. The molecule has 82 valence electrons. The van der Waals surface area contributed by atoms with Crippen LogP contribution in [0.4, 0.5) is 5.82 Å². The first kappa shape index (κ1) is 10.6. The molecule has 3 heteroatoms. The van der Waals surface area contributed by atoms with Crippen molar-refractivity contribution in [2.75, 3.05) is 5.73 Å². The normalized spacial score (nSPS) is 10.4. The quantitative estimate of drug-likeness (QED) is 0.834. The molecule has 0 spiro atoms. The second kappa shape index (κ2) is 4.31. The van der Waals surface area contributed by atoms with Gasteiger partial charge in [-0.3, -0.25) is 0 Å². The van der Waals surface area contributed by atoms with Crippen LogP contribution in [0.1, 0.15) is 18.2 Å². The first-order valence-corrected chi connectivity index (χ1v) is 5.40. The van der Waals surface area contributed by atoms with E-state index >= 15 is 0 Å². The fraction of sp³-hybridized carbons (Fsp3) is 0.231. The van der Waals surface area contributed by atoms with Crippen LogP contribution in [0.25, 0.3) is 11.4 Å². The lowest BCUT2D eigenvalue weighted by molar-refractivity contribution is 1.01. The summed E-state index contributed by atoms with van der Waals surface area (Å²) in [5, 5.41) is 0. The molecular formula is C13H15N3. The molecule has 0 amide bonds. The minimum absolute atomic E-state index is 0.592. The number of nitrogen functional groups attached to an aromatic ring is 1. The summed E-state index contributed by atoms with van der Waals surface area (Å²) < 4.78 is 0. The molecule has 1 aromatic heterocycles. The predicted molar refractivity (Wildman–Crippen MR) is 66.0 cm³/mol. The van der Waals surface area contributed by atoms with E-state index in [2.05, 4.69) is 16.9 Å². The molecule has 1 aromatic carbocycles. The van der Waals surface area contributed by atoms with Gasteiger partial charge in [0.15, 0.2) is 5.82 Å². The third-order valence-corrected chi connectivity index (χ3v) is 2.63. The van der Waals surface area contributed by atoms with Crippen LogP contribution in [0.2, 0.25) is 0 Å². The van der Waals surface area contributed by atoms with E-state index in [0.29, 0.717) is 11.6 Å². The highest BCUT2D eigenvalue weighted by atomic mass is 15.0. The van der Waals surface area contributed by atoms with Gasteiger partial charge in [0.05, 0.1) is 0 Å². The van der Waals surface area contributed by atoms with Crippen LogP contribution in [0, 0.1) is 6.92 Å². The number of benzene rings is 1. The number of aromatic nitrogens is 2. The predicted octanol–water partition coefficient (Wildman–Crippen LogP) is 2.60. The molecule has 0 aliphatic heterocycles. The van der Waals surface area contributed by atoms with Gasteiger partial charge >= 0.3 is 0 Å². The van der Waals surface area contributed by atoms with Crippen molar-refractivity contribution in [2.24, 2.45) is 0 Å². The van der Waals surface area contributed by atoms with E-state index in [1.807, 2.05) is 37.3 Å². The van der Waals surface area contributed by atoms with E-state index in [9.17, 15) is 0 Å². The molecule has 0 bridgehead atoms. The van der Waals surface area contributed by atoms with Crippen molar-refractivity contribution in [3.05, 3.63) is 41.6 Å². The van der Waals surface area contributed by atoms with Crippen molar-refractivity contribution >= 4 is 5.82 Å². The van der Waals surface area contributed by atoms with Gasteiger partial charge in [-0.25, -0.2) is 9.97 Å². The Kier molecular flexibility index (Phi) is 2.86. The monoisotopic (exact) mass is 213 g/mol. The first-order chi connectivity index (χ1) is 7.72. The lowest BCUT2D eigenvalue weighted by Gasteiger charge is -2.08. The zero-order chi connectivity index (χ0) is 11.5. The molecule has 2 N–H and O–H groups in total. The molecule has 0 fully saturated rings. The van der Waals surface area contributed by atoms with E-state index < -0.39 is 0 Å². The Morgan fingerprint density at radius 1 is 1.12 bits per heavy atom. The maximum absolute atomic E-state index is 5.92. The average Bonchev–Trinajstić information content (AvgIpc) is 2.30. The number of nitrogens with zero attached hydrogens (tertiary/aromatic N) is 2. The lowest BCUT2D eigenvalue weighted by atomic mass is 10.1. The minimum atomic E-state index is 0.592. The summed E-state index contributed by atoms with van der Waals surface area (Å²) >= 11 is 0. The summed E-state index contributed by atoms with van der Waals surface area (Å²) in [4.78, 5) is 8.83. The smallest absolute Gasteiger partial charge is 0.161 e. The Morgan fingerprint density at radius 3 is 2.38 bits per heavy atom. The first-order valence-electron chi connectivity index (χ1n) is 5.40. The van der Waals surface area contributed by atoms with Gasteiger partial charge in [0.25, 0.3) is 0 Å².